The number of aromatic hydroxyl groups is 1. The fourth-order valence-electron chi connectivity index (χ4n) is 1.04. The van der Waals surface area contributed by atoms with Crippen molar-refractivity contribution in [1.82, 2.24) is 0 Å². The highest BCUT2D eigenvalue weighted by molar-refractivity contribution is 9.15. The van der Waals surface area contributed by atoms with E-state index in [2.05, 4.69) is 63.7 Å². The summed E-state index contributed by atoms with van der Waals surface area (Å²) in [5.74, 6) is -0.0862. The number of carbonyl (C=O) groups excluding carboxylic acids is 1. The van der Waals surface area contributed by atoms with Crippen molar-refractivity contribution in [2.75, 3.05) is 26.4 Å². The van der Waals surface area contributed by atoms with Crippen LogP contribution in [0.15, 0.2) is 17.9 Å². The van der Waals surface area contributed by atoms with E-state index in [0.29, 0.717) is 24.2 Å². The number of aldehydes is 1. The van der Waals surface area contributed by atoms with Gasteiger partial charge in [0.15, 0.2) is 6.29 Å². The van der Waals surface area contributed by atoms with Crippen LogP contribution in [0.2, 0.25) is 0 Å². The van der Waals surface area contributed by atoms with Crippen LogP contribution in [-0.4, -0.2) is 58.2 Å². The molecular formula is C12H14Br4O6. The first-order chi connectivity index (χ1) is 10.2. The van der Waals surface area contributed by atoms with Crippen molar-refractivity contribution < 1.29 is 30.3 Å². The fraction of sp³-hybridized carbons (Fsp3) is 0.417. The van der Waals surface area contributed by atoms with Gasteiger partial charge in [-0.15, -0.1) is 0 Å². The number of carbonyl (C=O) groups is 1. The van der Waals surface area contributed by atoms with Gasteiger partial charge in [0.2, 0.25) is 0 Å². The quantitative estimate of drug-likeness (QED) is 0.209. The van der Waals surface area contributed by atoms with Crippen molar-refractivity contribution in [2.45, 2.75) is 0 Å². The van der Waals surface area contributed by atoms with Gasteiger partial charge in [-0.2, -0.15) is 0 Å². The molecule has 6 nitrogen and oxygen atoms in total. The number of phenols is 1. The molecule has 0 aliphatic rings. The number of halogens is 4. The maximum absolute atomic E-state index is 10.6. The standard InChI is InChI=1S/C7H2Br4O2.C5H12O4/c8-3-2(1-12)7(13)6(11)5(10)4(3)9;6-1-5(2-7,3-8)4-9/h1,13H;6-9H,1-4H2. The van der Waals surface area contributed by atoms with Gasteiger partial charge < -0.3 is 25.5 Å². The molecule has 10 heteroatoms. The molecule has 0 bridgehead atoms. The van der Waals surface area contributed by atoms with Crippen molar-refractivity contribution in [1.29, 1.82) is 0 Å². The molecule has 1 aromatic rings. The molecule has 0 atom stereocenters. The van der Waals surface area contributed by atoms with Gasteiger partial charge in [-0.25, -0.2) is 0 Å². The first-order valence-electron chi connectivity index (χ1n) is 5.68. The Balaban J connectivity index is 0.000000433. The molecule has 126 valence electrons. The molecule has 1 aromatic carbocycles. The lowest BCUT2D eigenvalue weighted by Gasteiger charge is -2.23. The van der Waals surface area contributed by atoms with Gasteiger partial charge in [-0.1, -0.05) is 0 Å². The Bertz CT molecular complexity index is 472. The third-order valence-corrected chi connectivity index (χ3v) is 7.52. The van der Waals surface area contributed by atoms with E-state index in [1.807, 2.05) is 0 Å². The zero-order valence-electron chi connectivity index (χ0n) is 11.1. The van der Waals surface area contributed by atoms with Crippen LogP contribution in [-0.2, 0) is 0 Å². The summed E-state index contributed by atoms with van der Waals surface area (Å²) in [7, 11) is 0. The number of phenolic OH excluding ortho intramolecular Hbond substituents is 1. The largest absolute Gasteiger partial charge is 0.506 e. The van der Waals surface area contributed by atoms with E-state index in [1.165, 1.54) is 0 Å². The van der Waals surface area contributed by atoms with Crippen molar-refractivity contribution >= 4 is 70.0 Å². The van der Waals surface area contributed by atoms with Gasteiger partial charge in [0.1, 0.15) is 5.75 Å². The number of benzene rings is 1. The lowest BCUT2D eigenvalue weighted by molar-refractivity contribution is -0.0328. The SMILES string of the molecule is O=Cc1c(O)c(Br)c(Br)c(Br)c1Br.OCC(CO)(CO)CO. The van der Waals surface area contributed by atoms with Gasteiger partial charge in [0.05, 0.1) is 46.4 Å². The lowest BCUT2D eigenvalue weighted by atomic mass is 9.93. The predicted octanol–water partition coefficient (Wildman–Crippen LogP) is 2.20. The molecule has 22 heavy (non-hydrogen) atoms. The van der Waals surface area contributed by atoms with Crippen LogP contribution >= 0.6 is 63.7 Å². The molecule has 1 rings (SSSR count). The first-order valence-corrected chi connectivity index (χ1v) is 8.86. The maximum Gasteiger partial charge on any atom is 0.155 e. The van der Waals surface area contributed by atoms with Crippen LogP contribution in [0.3, 0.4) is 0 Å². The second-order valence-corrected chi connectivity index (χ2v) is 7.44. The normalized spacial score (nSPS) is 10.9. The lowest BCUT2D eigenvalue weighted by Crippen LogP contribution is -2.37. The fourth-order valence-corrected chi connectivity index (χ4v) is 3.27. The van der Waals surface area contributed by atoms with Crippen molar-refractivity contribution in [3.8, 4) is 5.75 Å². The summed E-state index contributed by atoms with van der Waals surface area (Å²) >= 11 is 12.8. The Morgan fingerprint density at radius 3 is 1.41 bits per heavy atom. The van der Waals surface area contributed by atoms with E-state index in [0.717, 1.165) is 0 Å². The van der Waals surface area contributed by atoms with E-state index in [4.69, 9.17) is 20.4 Å². The van der Waals surface area contributed by atoms with Gasteiger partial charge in [-0.3, -0.25) is 4.79 Å². The molecule has 0 aromatic heterocycles. The molecular weight excluding hydrogens is 560 g/mol. The number of hydrogen-bond donors (Lipinski definition) is 5. The highest BCUT2D eigenvalue weighted by Gasteiger charge is 2.26. The minimum absolute atomic E-state index is 0.0862. The number of aliphatic hydroxyl groups is 4. The molecule has 0 unspecified atom stereocenters. The van der Waals surface area contributed by atoms with Gasteiger partial charge in [0.25, 0.3) is 0 Å². The van der Waals surface area contributed by atoms with Crippen LogP contribution in [0.25, 0.3) is 0 Å². The van der Waals surface area contributed by atoms with Crippen LogP contribution in [0.5, 0.6) is 5.75 Å². The molecule has 0 spiro atoms. The molecule has 0 aliphatic carbocycles. The number of rotatable bonds is 5. The molecule has 0 radical (unpaired) electrons. The molecule has 0 aliphatic heterocycles. The Kier molecular flexibility index (Phi) is 10.6. The molecule has 0 fully saturated rings. The third kappa shape index (κ3) is 5.23. The number of aliphatic hydroxyl groups excluding tert-OH is 4. The van der Waals surface area contributed by atoms with Crippen molar-refractivity contribution in [3.05, 3.63) is 23.5 Å². The van der Waals surface area contributed by atoms with Gasteiger partial charge in [-0.05, 0) is 63.7 Å². The Labute approximate surface area is 160 Å². The van der Waals surface area contributed by atoms with Crippen LogP contribution in [0, 0.1) is 5.41 Å². The first kappa shape index (κ1) is 22.4. The summed E-state index contributed by atoms with van der Waals surface area (Å²) in [6.45, 7) is -1.62. The van der Waals surface area contributed by atoms with E-state index >= 15 is 0 Å². The minimum atomic E-state index is -1.11. The van der Waals surface area contributed by atoms with E-state index in [9.17, 15) is 9.90 Å². The summed E-state index contributed by atoms with van der Waals surface area (Å²) in [5, 5.41) is 43.5. The highest BCUT2D eigenvalue weighted by Crippen LogP contribution is 2.44. The molecule has 0 saturated carbocycles. The van der Waals surface area contributed by atoms with Crippen molar-refractivity contribution in [3.63, 3.8) is 0 Å². The minimum Gasteiger partial charge on any atom is -0.506 e. The zero-order chi connectivity index (χ0) is 17.5. The van der Waals surface area contributed by atoms with Crippen molar-refractivity contribution in [2.24, 2.45) is 5.41 Å². The van der Waals surface area contributed by atoms with Crippen LogP contribution in [0.1, 0.15) is 10.4 Å². The van der Waals surface area contributed by atoms with E-state index < -0.39 is 31.8 Å². The average Bonchev–Trinajstić information content (AvgIpc) is 2.55. The third-order valence-electron chi connectivity index (χ3n) is 2.74. The summed E-state index contributed by atoms with van der Waals surface area (Å²) in [5.41, 5.74) is -0.901. The average molecular weight is 574 g/mol. The Hall–Kier alpha value is 0.450. The highest BCUT2D eigenvalue weighted by atomic mass is 79.9. The summed E-state index contributed by atoms with van der Waals surface area (Å²) in [6.07, 6.45) is 0.585. The summed E-state index contributed by atoms with van der Waals surface area (Å²) in [6, 6.07) is 0. The molecule has 5 N–H and O–H groups in total. The topological polar surface area (TPSA) is 118 Å². The predicted molar refractivity (Wildman–Crippen MR) is 95.1 cm³/mol. The van der Waals surface area contributed by atoms with E-state index in [1.54, 1.807) is 0 Å². The number of hydrogen-bond acceptors (Lipinski definition) is 6. The van der Waals surface area contributed by atoms with Crippen LogP contribution in [0.4, 0.5) is 0 Å². The monoisotopic (exact) mass is 570 g/mol. The smallest absolute Gasteiger partial charge is 0.155 e. The summed E-state index contributed by atoms with van der Waals surface area (Å²) in [4.78, 5) is 10.6. The van der Waals surface area contributed by atoms with E-state index in [-0.39, 0.29) is 11.3 Å². The Morgan fingerprint density at radius 1 is 0.773 bits per heavy atom. The molecule has 0 saturated heterocycles. The maximum atomic E-state index is 10.6. The van der Waals surface area contributed by atoms with Gasteiger partial charge >= 0.3 is 0 Å². The second kappa shape index (κ2) is 10.3. The molecule has 0 amide bonds. The second-order valence-electron chi connectivity index (χ2n) is 4.27. The van der Waals surface area contributed by atoms with Crippen LogP contribution < -0.4 is 0 Å². The molecule has 0 heterocycles. The zero-order valence-corrected chi connectivity index (χ0v) is 17.4. The summed E-state index contributed by atoms with van der Waals surface area (Å²) < 4.78 is 2.31. The van der Waals surface area contributed by atoms with Gasteiger partial charge in [0, 0.05) is 8.95 Å². The Morgan fingerprint density at radius 2 is 1.14 bits per heavy atom.